The second-order valence-corrected chi connectivity index (χ2v) is 7.98. The quantitative estimate of drug-likeness (QED) is 0.309. The first kappa shape index (κ1) is 23.3. The predicted octanol–water partition coefficient (Wildman–Crippen LogP) is 4.87. The van der Waals surface area contributed by atoms with Crippen LogP contribution in [-0.2, 0) is 22.6 Å². The largest absolute Gasteiger partial charge is 0.445 e. The number of rotatable bonds is 7. The van der Waals surface area contributed by atoms with Crippen molar-refractivity contribution >= 4 is 34.6 Å². The molecule has 3 aromatic rings. The van der Waals surface area contributed by atoms with E-state index in [1.807, 2.05) is 37.3 Å². The molecule has 168 valence electrons. The van der Waals surface area contributed by atoms with E-state index in [1.54, 1.807) is 19.9 Å². The molecule has 0 aliphatic carbocycles. The molecular weight excluding hydrogens is 434 g/mol. The van der Waals surface area contributed by atoms with Crippen LogP contribution in [0.3, 0.4) is 0 Å². The summed E-state index contributed by atoms with van der Waals surface area (Å²) in [6, 6.07) is 12.6. The number of alkyl carbamates (subject to hydrolysis) is 1. The molecule has 7 nitrogen and oxygen atoms in total. The molecule has 8 heteroatoms. The number of hydrogen-bond acceptors (Lipinski definition) is 6. The summed E-state index contributed by atoms with van der Waals surface area (Å²) in [4.78, 5) is 36.8. The lowest BCUT2D eigenvalue weighted by molar-refractivity contribution is -0.137. The molecule has 1 heterocycles. The molecule has 0 aliphatic rings. The van der Waals surface area contributed by atoms with Crippen molar-refractivity contribution in [2.45, 2.75) is 39.8 Å². The number of nitrogens with one attached hydrogen (secondary N) is 1. The van der Waals surface area contributed by atoms with Gasteiger partial charge in [0.1, 0.15) is 18.2 Å². The van der Waals surface area contributed by atoms with Crippen molar-refractivity contribution in [2.75, 3.05) is 0 Å². The molecule has 0 saturated heterocycles. The molecule has 2 aromatic carbocycles. The van der Waals surface area contributed by atoms with Crippen LogP contribution in [0.15, 0.2) is 57.7 Å². The highest BCUT2D eigenvalue weighted by Gasteiger charge is 2.28. The van der Waals surface area contributed by atoms with Crippen molar-refractivity contribution < 1.29 is 23.5 Å². The van der Waals surface area contributed by atoms with Gasteiger partial charge >= 0.3 is 17.7 Å². The van der Waals surface area contributed by atoms with Crippen LogP contribution in [0.2, 0.25) is 5.02 Å². The maximum absolute atomic E-state index is 12.8. The maximum atomic E-state index is 12.8. The Morgan fingerprint density at radius 2 is 1.84 bits per heavy atom. The van der Waals surface area contributed by atoms with Crippen molar-refractivity contribution in [1.29, 1.82) is 0 Å². The summed E-state index contributed by atoms with van der Waals surface area (Å²) < 4.78 is 15.9. The minimum atomic E-state index is -0.973. The molecule has 3 rings (SSSR count). The van der Waals surface area contributed by atoms with Gasteiger partial charge in [0.15, 0.2) is 5.75 Å². The Morgan fingerprint density at radius 1 is 1.12 bits per heavy atom. The summed E-state index contributed by atoms with van der Waals surface area (Å²) in [5.74, 6) is -0.965. The number of amides is 1. The molecule has 1 unspecified atom stereocenters. The fourth-order valence-corrected chi connectivity index (χ4v) is 3.36. The third-order valence-electron chi connectivity index (χ3n) is 4.88. The van der Waals surface area contributed by atoms with Crippen molar-refractivity contribution in [1.82, 2.24) is 5.32 Å². The molecule has 0 saturated carbocycles. The molecule has 0 bridgehead atoms. The summed E-state index contributed by atoms with van der Waals surface area (Å²) in [6.07, 6.45) is -0.130. The molecule has 0 aliphatic heterocycles. The highest BCUT2D eigenvalue weighted by Crippen LogP contribution is 2.32. The van der Waals surface area contributed by atoms with E-state index in [9.17, 15) is 14.4 Å². The molecule has 1 atom stereocenters. The zero-order valence-electron chi connectivity index (χ0n) is 18.0. The molecule has 0 spiro atoms. The molecule has 0 radical (unpaired) electrons. The van der Waals surface area contributed by atoms with Gasteiger partial charge in [-0.2, -0.15) is 0 Å². The number of esters is 1. The van der Waals surface area contributed by atoms with Crippen LogP contribution in [0.4, 0.5) is 4.79 Å². The predicted molar refractivity (Wildman–Crippen MR) is 121 cm³/mol. The SMILES string of the molecule is CCc1cc(=O)oc2cc(OC(=O)C(NC(=O)OCc3ccccc3)C(C)C)c(Cl)cc12. The lowest BCUT2D eigenvalue weighted by atomic mass is 10.0. The lowest BCUT2D eigenvalue weighted by Gasteiger charge is -2.21. The molecule has 1 aromatic heterocycles. The van der Waals surface area contributed by atoms with Crippen LogP contribution in [0.25, 0.3) is 11.0 Å². The zero-order valence-corrected chi connectivity index (χ0v) is 18.8. The van der Waals surface area contributed by atoms with Gasteiger partial charge in [0.05, 0.1) is 5.02 Å². The van der Waals surface area contributed by atoms with Gasteiger partial charge in [-0.05, 0) is 29.5 Å². The number of benzene rings is 2. The van der Waals surface area contributed by atoms with Gasteiger partial charge in [0.25, 0.3) is 0 Å². The summed E-state index contributed by atoms with van der Waals surface area (Å²) in [5.41, 5.74) is 1.36. The molecule has 1 amide bonds. The van der Waals surface area contributed by atoms with Gasteiger partial charge in [-0.25, -0.2) is 14.4 Å². The highest BCUT2D eigenvalue weighted by molar-refractivity contribution is 6.33. The van der Waals surface area contributed by atoms with Crippen LogP contribution < -0.4 is 15.7 Å². The minimum Gasteiger partial charge on any atom is -0.445 e. The Hall–Kier alpha value is -3.32. The van der Waals surface area contributed by atoms with E-state index in [0.29, 0.717) is 11.8 Å². The third kappa shape index (κ3) is 5.68. The van der Waals surface area contributed by atoms with Crippen LogP contribution in [0.5, 0.6) is 5.75 Å². The molecule has 0 fully saturated rings. The fraction of sp³-hybridized carbons (Fsp3) is 0.292. The van der Waals surface area contributed by atoms with Crippen LogP contribution in [0.1, 0.15) is 31.9 Å². The van der Waals surface area contributed by atoms with Gasteiger partial charge in [-0.3, -0.25) is 0 Å². The molecule has 1 N–H and O–H groups in total. The second-order valence-electron chi connectivity index (χ2n) is 7.57. The van der Waals surface area contributed by atoms with Crippen molar-refractivity contribution in [3.8, 4) is 5.75 Å². The number of carbonyl (C=O) groups is 2. The average Bonchev–Trinajstić information content (AvgIpc) is 2.76. The Kier molecular flexibility index (Phi) is 7.53. The first-order valence-corrected chi connectivity index (χ1v) is 10.6. The van der Waals surface area contributed by atoms with E-state index in [2.05, 4.69) is 5.32 Å². The third-order valence-corrected chi connectivity index (χ3v) is 5.18. The van der Waals surface area contributed by atoms with E-state index in [0.717, 1.165) is 11.1 Å². The average molecular weight is 458 g/mol. The van der Waals surface area contributed by atoms with Crippen molar-refractivity contribution in [3.05, 3.63) is 75.1 Å². The highest BCUT2D eigenvalue weighted by atomic mass is 35.5. The monoisotopic (exact) mass is 457 g/mol. The van der Waals surface area contributed by atoms with Gasteiger partial charge in [0.2, 0.25) is 0 Å². The van der Waals surface area contributed by atoms with E-state index in [1.165, 1.54) is 12.1 Å². The first-order chi connectivity index (χ1) is 15.3. The maximum Gasteiger partial charge on any atom is 0.408 e. The van der Waals surface area contributed by atoms with Crippen molar-refractivity contribution in [3.63, 3.8) is 0 Å². The summed E-state index contributed by atoms with van der Waals surface area (Å²) in [5, 5.41) is 3.39. The Bertz CT molecular complexity index is 1170. The van der Waals surface area contributed by atoms with E-state index >= 15 is 0 Å². The fourth-order valence-electron chi connectivity index (χ4n) is 3.16. The Morgan fingerprint density at radius 3 is 2.50 bits per heavy atom. The standard InChI is InChI=1S/C24H24ClNO6/c1-4-16-10-21(27)31-19-12-20(18(25)11-17(16)19)32-23(28)22(14(2)3)26-24(29)30-13-15-8-6-5-7-9-15/h5-12,14,22H,4,13H2,1-3H3,(H,26,29). The van der Waals surface area contributed by atoms with Crippen molar-refractivity contribution in [2.24, 2.45) is 5.92 Å². The number of fused-ring (bicyclic) bond motifs is 1. The van der Waals surface area contributed by atoms with Gasteiger partial charge in [-0.15, -0.1) is 0 Å². The second kappa shape index (κ2) is 10.3. The normalized spacial score (nSPS) is 11.9. The van der Waals surface area contributed by atoms with E-state index in [-0.39, 0.29) is 28.9 Å². The Balaban J connectivity index is 1.74. The van der Waals surface area contributed by atoms with Gasteiger partial charge in [0, 0.05) is 17.5 Å². The smallest absolute Gasteiger partial charge is 0.408 e. The number of aryl methyl sites for hydroxylation is 1. The summed E-state index contributed by atoms with van der Waals surface area (Å²) in [6.45, 7) is 5.50. The van der Waals surface area contributed by atoms with Crippen LogP contribution >= 0.6 is 11.6 Å². The van der Waals surface area contributed by atoms with Crippen LogP contribution in [-0.4, -0.2) is 18.1 Å². The number of halogens is 1. The first-order valence-electron chi connectivity index (χ1n) is 10.2. The lowest BCUT2D eigenvalue weighted by Crippen LogP contribution is -2.46. The molecule has 32 heavy (non-hydrogen) atoms. The number of hydrogen-bond donors (Lipinski definition) is 1. The minimum absolute atomic E-state index is 0.0330. The topological polar surface area (TPSA) is 94.8 Å². The Labute approximate surface area is 190 Å². The van der Waals surface area contributed by atoms with E-state index in [4.69, 9.17) is 25.5 Å². The number of carbonyl (C=O) groups excluding carboxylic acids is 2. The van der Waals surface area contributed by atoms with Gasteiger partial charge in [-0.1, -0.05) is 62.7 Å². The molecular formula is C24H24ClNO6. The van der Waals surface area contributed by atoms with Gasteiger partial charge < -0.3 is 19.2 Å². The summed E-state index contributed by atoms with van der Waals surface area (Å²) >= 11 is 6.31. The van der Waals surface area contributed by atoms with Crippen LogP contribution in [0, 0.1) is 5.92 Å². The zero-order chi connectivity index (χ0) is 23.3. The van der Waals surface area contributed by atoms with E-state index < -0.39 is 23.7 Å². The summed E-state index contributed by atoms with van der Waals surface area (Å²) in [7, 11) is 0. The number of ether oxygens (including phenoxy) is 2.